The van der Waals surface area contributed by atoms with Gasteiger partial charge in [0.2, 0.25) is 0 Å². The van der Waals surface area contributed by atoms with Crippen LogP contribution in [0.3, 0.4) is 0 Å². The lowest BCUT2D eigenvalue weighted by molar-refractivity contribution is 0.308. The summed E-state index contributed by atoms with van der Waals surface area (Å²) in [5.41, 5.74) is 1.13. The number of hydrogen-bond acceptors (Lipinski definition) is 2. The van der Waals surface area contributed by atoms with Crippen molar-refractivity contribution in [1.29, 1.82) is 0 Å². The minimum absolute atomic E-state index is 0.191. The maximum Gasteiger partial charge on any atom is 0.123 e. The van der Waals surface area contributed by atoms with E-state index in [-0.39, 0.29) is 11.9 Å². The van der Waals surface area contributed by atoms with Crippen LogP contribution in [0.4, 0.5) is 4.39 Å². The molecule has 1 aromatic rings. The van der Waals surface area contributed by atoms with E-state index in [9.17, 15) is 4.39 Å². The lowest BCUT2D eigenvalue weighted by atomic mass is 10.0. The fourth-order valence-electron chi connectivity index (χ4n) is 2.26. The van der Waals surface area contributed by atoms with Crippen molar-refractivity contribution in [3.8, 4) is 0 Å². The van der Waals surface area contributed by atoms with E-state index < -0.39 is 0 Å². The number of halogens is 1. The van der Waals surface area contributed by atoms with Gasteiger partial charge in [-0.25, -0.2) is 4.39 Å². The highest BCUT2D eigenvalue weighted by Gasteiger charge is 2.12. The molecule has 0 saturated carbocycles. The van der Waals surface area contributed by atoms with Crippen LogP contribution in [-0.2, 0) is 0 Å². The van der Waals surface area contributed by atoms with Gasteiger partial charge in [-0.15, -0.1) is 13.2 Å². The summed E-state index contributed by atoms with van der Waals surface area (Å²) in [6.45, 7) is 13.2. The highest BCUT2D eigenvalue weighted by molar-refractivity contribution is 5.20. The summed E-state index contributed by atoms with van der Waals surface area (Å²) in [4.78, 5) is 2.29. The zero-order valence-electron chi connectivity index (χ0n) is 12.3. The number of nitrogens with zero attached hydrogens (tertiary/aromatic N) is 1. The smallest absolute Gasteiger partial charge is 0.123 e. The number of nitrogens with one attached hydrogen (secondary N) is 1. The van der Waals surface area contributed by atoms with Gasteiger partial charge in [0.1, 0.15) is 5.82 Å². The molecule has 1 N–H and O–H groups in total. The standard InChI is InChI=1S/C17H25FN2/c1-4-12-20(13-5-2)14-11-17(19-6-3)15-7-9-16(18)10-8-15/h4-5,7-10,17,19H,1-2,6,11-14H2,3H3. The van der Waals surface area contributed by atoms with E-state index in [0.29, 0.717) is 0 Å². The highest BCUT2D eigenvalue weighted by Crippen LogP contribution is 2.17. The molecule has 0 aliphatic carbocycles. The Morgan fingerprint density at radius 1 is 1.20 bits per heavy atom. The molecule has 1 unspecified atom stereocenters. The molecule has 3 heteroatoms. The van der Waals surface area contributed by atoms with E-state index in [1.54, 1.807) is 0 Å². The maximum atomic E-state index is 13.0. The molecule has 0 spiro atoms. The second-order valence-corrected chi connectivity index (χ2v) is 4.79. The third-order valence-electron chi connectivity index (χ3n) is 3.23. The minimum atomic E-state index is -0.191. The van der Waals surface area contributed by atoms with E-state index in [0.717, 1.165) is 38.2 Å². The van der Waals surface area contributed by atoms with Gasteiger partial charge in [0.25, 0.3) is 0 Å². The second-order valence-electron chi connectivity index (χ2n) is 4.79. The first kappa shape index (κ1) is 16.6. The molecule has 0 heterocycles. The van der Waals surface area contributed by atoms with Gasteiger partial charge in [0.05, 0.1) is 0 Å². The van der Waals surface area contributed by atoms with Crippen molar-refractivity contribution in [2.75, 3.05) is 26.2 Å². The van der Waals surface area contributed by atoms with Crippen molar-refractivity contribution in [2.45, 2.75) is 19.4 Å². The van der Waals surface area contributed by atoms with Gasteiger partial charge in [-0.3, -0.25) is 4.90 Å². The van der Waals surface area contributed by atoms with Crippen LogP contribution in [0.1, 0.15) is 24.9 Å². The van der Waals surface area contributed by atoms with E-state index in [2.05, 4.69) is 30.3 Å². The molecule has 0 fully saturated rings. The Kier molecular flexibility index (Phi) is 7.85. The highest BCUT2D eigenvalue weighted by atomic mass is 19.1. The first-order valence-corrected chi connectivity index (χ1v) is 7.14. The Bertz CT molecular complexity index is 390. The molecule has 0 aliphatic rings. The lowest BCUT2D eigenvalue weighted by Gasteiger charge is -2.24. The molecule has 0 amide bonds. The summed E-state index contributed by atoms with van der Waals surface area (Å²) in [6, 6.07) is 7.00. The predicted molar refractivity (Wildman–Crippen MR) is 84.3 cm³/mol. The zero-order valence-corrected chi connectivity index (χ0v) is 12.3. The van der Waals surface area contributed by atoms with E-state index in [1.807, 2.05) is 24.3 Å². The molecular formula is C17H25FN2. The average Bonchev–Trinajstić information content (AvgIpc) is 2.45. The van der Waals surface area contributed by atoms with Crippen LogP contribution in [0.5, 0.6) is 0 Å². The fourth-order valence-corrected chi connectivity index (χ4v) is 2.26. The van der Waals surface area contributed by atoms with Crippen LogP contribution in [-0.4, -0.2) is 31.1 Å². The van der Waals surface area contributed by atoms with Gasteiger partial charge in [-0.05, 0) is 30.7 Å². The Labute approximate surface area is 122 Å². The molecular weight excluding hydrogens is 251 g/mol. The lowest BCUT2D eigenvalue weighted by Crippen LogP contribution is -2.30. The largest absolute Gasteiger partial charge is 0.310 e. The predicted octanol–water partition coefficient (Wildman–Crippen LogP) is 3.54. The quantitative estimate of drug-likeness (QED) is 0.658. The van der Waals surface area contributed by atoms with Crippen molar-refractivity contribution >= 4 is 0 Å². The minimum Gasteiger partial charge on any atom is -0.310 e. The molecule has 110 valence electrons. The SMILES string of the molecule is C=CCN(CC=C)CCC(NCC)c1ccc(F)cc1. The van der Waals surface area contributed by atoms with E-state index >= 15 is 0 Å². The Morgan fingerprint density at radius 3 is 2.30 bits per heavy atom. The molecule has 0 aromatic heterocycles. The van der Waals surface area contributed by atoms with Gasteiger partial charge < -0.3 is 5.32 Å². The Hall–Kier alpha value is -1.45. The second kappa shape index (κ2) is 9.45. The molecule has 20 heavy (non-hydrogen) atoms. The van der Waals surface area contributed by atoms with Crippen LogP contribution in [0.15, 0.2) is 49.6 Å². The van der Waals surface area contributed by atoms with E-state index in [4.69, 9.17) is 0 Å². The van der Waals surface area contributed by atoms with E-state index in [1.165, 1.54) is 12.1 Å². The molecule has 0 bridgehead atoms. The van der Waals surface area contributed by atoms with Crippen molar-refractivity contribution in [3.05, 3.63) is 61.0 Å². The van der Waals surface area contributed by atoms with Crippen molar-refractivity contribution < 1.29 is 4.39 Å². The molecule has 1 rings (SSSR count). The van der Waals surface area contributed by atoms with Crippen molar-refractivity contribution in [3.63, 3.8) is 0 Å². The number of rotatable bonds is 10. The summed E-state index contributed by atoms with van der Waals surface area (Å²) in [6.07, 6.45) is 4.79. The Morgan fingerprint density at radius 2 is 1.80 bits per heavy atom. The summed E-state index contributed by atoms with van der Waals surface area (Å²) in [5.74, 6) is -0.191. The van der Waals surface area contributed by atoms with Gasteiger partial charge in [-0.1, -0.05) is 31.2 Å². The van der Waals surface area contributed by atoms with Crippen LogP contribution < -0.4 is 5.32 Å². The summed E-state index contributed by atoms with van der Waals surface area (Å²) in [5, 5.41) is 3.46. The maximum absolute atomic E-state index is 13.0. The first-order chi connectivity index (χ1) is 9.71. The third-order valence-corrected chi connectivity index (χ3v) is 3.23. The first-order valence-electron chi connectivity index (χ1n) is 7.14. The molecule has 2 nitrogen and oxygen atoms in total. The topological polar surface area (TPSA) is 15.3 Å². The number of hydrogen-bond donors (Lipinski definition) is 1. The van der Waals surface area contributed by atoms with Crippen molar-refractivity contribution in [2.24, 2.45) is 0 Å². The molecule has 0 saturated heterocycles. The van der Waals surface area contributed by atoms with Crippen LogP contribution in [0.25, 0.3) is 0 Å². The summed E-state index contributed by atoms with van der Waals surface area (Å²) >= 11 is 0. The van der Waals surface area contributed by atoms with Crippen LogP contribution in [0.2, 0.25) is 0 Å². The Balaban J connectivity index is 2.63. The number of benzene rings is 1. The van der Waals surface area contributed by atoms with Gasteiger partial charge in [0.15, 0.2) is 0 Å². The van der Waals surface area contributed by atoms with Crippen LogP contribution >= 0.6 is 0 Å². The monoisotopic (exact) mass is 276 g/mol. The van der Waals surface area contributed by atoms with Crippen molar-refractivity contribution in [1.82, 2.24) is 10.2 Å². The molecule has 0 aliphatic heterocycles. The third kappa shape index (κ3) is 5.68. The van der Waals surface area contributed by atoms with Gasteiger partial charge in [0, 0.05) is 25.7 Å². The normalized spacial score (nSPS) is 12.3. The van der Waals surface area contributed by atoms with Gasteiger partial charge in [-0.2, -0.15) is 0 Å². The molecule has 0 radical (unpaired) electrons. The zero-order chi connectivity index (χ0) is 14.8. The van der Waals surface area contributed by atoms with Gasteiger partial charge >= 0.3 is 0 Å². The molecule has 1 atom stereocenters. The van der Waals surface area contributed by atoms with Crippen LogP contribution in [0, 0.1) is 5.82 Å². The molecule has 1 aromatic carbocycles. The summed E-state index contributed by atoms with van der Waals surface area (Å²) < 4.78 is 13.0. The average molecular weight is 276 g/mol. The fraction of sp³-hybridized carbons (Fsp3) is 0.412. The summed E-state index contributed by atoms with van der Waals surface area (Å²) in [7, 11) is 0.